The topological polar surface area (TPSA) is 106 Å². The molecule has 0 aliphatic heterocycles. The average molecular weight is 386 g/mol. The van der Waals surface area contributed by atoms with Crippen molar-refractivity contribution in [1.29, 1.82) is 0 Å². The van der Waals surface area contributed by atoms with Crippen molar-refractivity contribution in [3.05, 3.63) is 41.2 Å². The number of alkyl carbamates (subject to hydrolysis) is 1. The highest BCUT2D eigenvalue weighted by Gasteiger charge is 2.22. The molecule has 150 valence electrons. The maximum Gasteiger partial charge on any atom is 0.407 e. The number of hydrogen-bond donors (Lipinski definition) is 2. The summed E-state index contributed by atoms with van der Waals surface area (Å²) in [6, 6.07) is 2.03. The van der Waals surface area contributed by atoms with Gasteiger partial charge < -0.3 is 15.0 Å². The minimum Gasteiger partial charge on any atom is -0.444 e. The number of amides is 1. The van der Waals surface area contributed by atoms with Crippen LogP contribution >= 0.6 is 0 Å². The van der Waals surface area contributed by atoms with Crippen LogP contribution in [-0.4, -0.2) is 42.1 Å². The highest BCUT2D eigenvalue weighted by atomic mass is 16.6. The first-order valence-electron chi connectivity index (χ1n) is 9.26. The second kappa shape index (κ2) is 7.87. The van der Waals surface area contributed by atoms with E-state index < -0.39 is 0 Å². The van der Waals surface area contributed by atoms with Gasteiger partial charge in [-0.25, -0.2) is 9.31 Å². The molecule has 2 N–H and O–H groups in total. The predicted octanol–water partition coefficient (Wildman–Crippen LogP) is 2.49. The Balaban J connectivity index is 0.000000169. The zero-order chi connectivity index (χ0) is 20.3. The van der Waals surface area contributed by atoms with E-state index in [-0.39, 0.29) is 17.3 Å². The summed E-state index contributed by atoms with van der Waals surface area (Å²) in [6.45, 7) is 5.61. The number of rotatable bonds is 2. The Bertz CT molecular complexity index is 1010. The Kier molecular flexibility index (Phi) is 5.53. The molecular weight excluding hydrogens is 360 g/mol. The quantitative estimate of drug-likeness (QED) is 0.704. The van der Waals surface area contributed by atoms with Crippen LogP contribution in [0.3, 0.4) is 0 Å². The van der Waals surface area contributed by atoms with Gasteiger partial charge in [-0.3, -0.25) is 9.48 Å². The van der Waals surface area contributed by atoms with E-state index in [1.54, 1.807) is 33.9 Å². The minimum absolute atomic E-state index is 0.154. The molecule has 1 aliphatic carbocycles. The number of carbonyl (C=O) groups excluding carboxylic acids is 1. The summed E-state index contributed by atoms with van der Waals surface area (Å²) in [4.78, 5) is 25.6. The number of nitrogens with zero attached hydrogens (tertiary/aromatic N) is 4. The number of fused-ring (bicyclic) bond motifs is 1. The Morgan fingerprint density at radius 3 is 2.61 bits per heavy atom. The number of hydrogen-bond acceptors (Lipinski definition) is 5. The molecule has 9 nitrogen and oxygen atoms in total. The van der Waals surface area contributed by atoms with Crippen molar-refractivity contribution in [2.24, 2.45) is 7.05 Å². The van der Waals surface area contributed by atoms with E-state index in [0.717, 1.165) is 18.4 Å². The summed E-state index contributed by atoms with van der Waals surface area (Å²) in [5.41, 5.74) is 1.56. The SMILES string of the molecule is CC(C)(C)OC(=O)NC1CCC1.Cn1cc(-c2cn3nccc3c(=O)[nH]2)cn1. The zero-order valence-corrected chi connectivity index (χ0v) is 16.6. The van der Waals surface area contributed by atoms with Crippen molar-refractivity contribution in [2.75, 3.05) is 0 Å². The first-order valence-corrected chi connectivity index (χ1v) is 9.26. The molecule has 9 heteroatoms. The molecule has 3 aromatic heterocycles. The van der Waals surface area contributed by atoms with Gasteiger partial charge in [-0.05, 0) is 46.1 Å². The summed E-state index contributed by atoms with van der Waals surface area (Å²) in [5.74, 6) is 0. The van der Waals surface area contributed by atoms with Crippen molar-refractivity contribution in [3.63, 3.8) is 0 Å². The van der Waals surface area contributed by atoms with Crippen LogP contribution in [-0.2, 0) is 11.8 Å². The number of aromatic amines is 1. The van der Waals surface area contributed by atoms with E-state index in [0.29, 0.717) is 17.3 Å². The van der Waals surface area contributed by atoms with Crippen LogP contribution in [0.25, 0.3) is 16.8 Å². The second-order valence-electron chi connectivity index (χ2n) is 7.83. The van der Waals surface area contributed by atoms with Crippen molar-refractivity contribution < 1.29 is 9.53 Å². The molecule has 1 aliphatic rings. The summed E-state index contributed by atoms with van der Waals surface area (Å²) in [5, 5.41) is 10.9. The van der Waals surface area contributed by atoms with Crippen LogP contribution < -0.4 is 10.9 Å². The summed E-state index contributed by atoms with van der Waals surface area (Å²) >= 11 is 0. The first-order chi connectivity index (χ1) is 13.2. The summed E-state index contributed by atoms with van der Waals surface area (Å²) in [6.07, 6.45) is 10.0. The van der Waals surface area contributed by atoms with Crippen molar-refractivity contribution in [2.45, 2.75) is 51.7 Å². The fourth-order valence-corrected chi connectivity index (χ4v) is 2.67. The third-order valence-corrected chi connectivity index (χ3v) is 4.24. The van der Waals surface area contributed by atoms with E-state index >= 15 is 0 Å². The first kappa shape index (κ1) is 19.7. The minimum atomic E-state index is -0.381. The predicted molar refractivity (Wildman–Crippen MR) is 105 cm³/mol. The summed E-state index contributed by atoms with van der Waals surface area (Å²) < 4.78 is 8.33. The maximum atomic E-state index is 11.7. The molecule has 1 amide bonds. The van der Waals surface area contributed by atoms with Gasteiger partial charge in [0.05, 0.1) is 24.3 Å². The van der Waals surface area contributed by atoms with E-state index in [1.165, 1.54) is 6.42 Å². The van der Waals surface area contributed by atoms with Gasteiger partial charge in [0.1, 0.15) is 11.1 Å². The molecule has 1 saturated carbocycles. The molecule has 0 bridgehead atoms. The fourth-order valence-electron chi connectivity index (χ4n) is 2.67. The molecule has 0 atom stereocenters. The van der Waals surface area contributed by atoms with E-state index in [4.69, 9.17) is 4.74 Å². The highest BCUT2D eigenvalue weighted by molar-refractivity contribution is 5.68. The lowest BCUT2D eigenvalue weighted by molar-refractivity contribution is 0.0480. The summed E-state index contributed by atoms with van der Waals surface area (Å²) in [7, 11) is 1.83. The smallest absolute Gasteiger partial charge is 0.407 e. The van der Waals surface area contributed by atoms with Crippen molar-refractivity contribution in [1.82, 2.24) is 29.7 Å². The van der Waals surface area contributed by atoms with Crippen LogP contribution in [0.2, 0.25) is 0 Å². The van der Waals surface area contributed by atoms with Gasteiger partial charge in [0.2, 0.25) is 0 Å². The number of aryl methyl sites for hydroxylation is 1. The zero-order valence-electron chi connectivity index (χ0n) is 16.6. The number of H-pyrrole nitrogens is 1. The van der Waals surface area contributed by atoms with Crippen LogP contribution in [0, 0.1) is 0 Å². The third-order valence-electron chi connectivity index (χ3n) is 4.24. The average Bonchev–Trinajstić information content (AvgIpc) is 3.19. The lowest BCUT2D eigenvalue weighted by Gasteiger charge is -2.28. The standard InChI is InChI=1S/C10H9N5O.C9H17NO2/c1-14-5-7(4-12-14)8-6-15-9(2-3-11-15)10(16)13-8;1-9(2,3)12-8(11)10-7-5-4-6-7/h2-6H,1H3,(H,13,16);7H,4-6H2,1-3H3,(H,10,11). The van der Waals surface area contributed by atoms with Crippen LogP contribution in [0.4, 0.5) is 4.79 Å². The van der Waals surface area contributed by atoms with Crippen LogP contribution in [0.5, 0.6) is 0 Å². The molecule has 1 fully saturated rings. The fraction of sp³-hybridized carbons (Fsp3) is 0.474. The second-order valence-corrected chi connectivity index (χ2v) is 7.83. The van der Waals surface area contributed by atoms with Crippen molar-refractivity contribution >= 4 is 11.6 Å². The molecule has 28 heavy (non-hydrogen) atoms. The van der Waals surface area contributed by atoms with Gasteiger partial charge in [-0.1, -0.05) is 0 Å². The third kappa shape index (κ3) is 4.99. The Labute approximate surface area is 162 Å². The number of aromatic nitrogens is 5. The largest absolute Gasteiger partial charge is 0.444 e. The molecule has 3 aromatic rings. The maximum absolute atomic E-state index is 11.7. The molecule has 0 spiro atoms. The molecule has 0 aromatic carbocycles. The number of nitrogens with one attached hydrogen (secondary N) is 2. The lowest BCUT2D eigenvalue weighted by atomic mass is 9.93. The van der Waals surface area contributed by atoms with Crippen LogP contribution in [0.15, 0.2) is 35.6 Å². The van der Waals surface area contributed by atoms with E-state index in [2.05, 4.69) is 20.5 Å². The Morgan fingerprint density at radius 2 is 2.04 bits per heavy atom. The Hall–Kier alpha value is -3.10. The Morgan fingerprint density at radius 1 is 1.29 bits per heavy atom. The number of carbonyl (C=O) groups is 1. The van der Waals surface area contributed by atoms with Gasteiger partial charge in [-0.15, -0.1) is 0 Å². The van der Waals surface area contributed by atoms with Gasteiger partial charge in [-0.2, -0.15) is 10.2 Å². The van der Waals surface area contributed by atoms with E-state index in [9.17, 15) is 9.59 Å². The van der Waals surface area contributed by atoms with Crippen LogP contribution in [0.1, 0.15) is 40.0 Å². The molecule has 0 saturated heterocycles. The van der Waals surface area contributed by atoms with E-state index in [1.807, 2.05) is 34.0 Å². The van der Waals surface area contributed by atoms with Gasteiger partial charge >= 0.3 is 6.09 Å². The van der Waals surface area contributed by atoms with Gasteiger partial charge in [0.25, 0.3) is 5.56 Å². The molecular formula is C19H26N6O3. The van der Waals surface area contributed by atoms with Gasteiger partial charge in [0, 0.05) is 24.8 Å². The normalized spacial score (nSPS) is 14.1. The van der Waals surface area contributed by atoms with Crippen molar-refractivity contribution in [3.8, 4) is 11.3 Å². The number of ether oxygens (including phenoxy) is 1. The lowest BCUT2D eigenvalue weighted by Crippen LogP contribution is -2.42. The molecule has 4 rings (SSSR count). The molecule has 0 radical (unpaired) electrons. The van der Waals surface area contributed by atoms with Gasteiger partial charge in [0.15, 0.2) is 0 Å². The monoisotopic (exact) mass is 386 g/mol. The molecule has 3 heterocycles. The highest BCUT2D eigenvalue weighted by Crippen LogP contribution is 2.18. The molecule has 0 unspecified atom stereocenters.